The number of aryl methyl sites for hydroxylation is 1. The second kappa shape index (κ2) is 4.39. The predicted octanol–water partition coefficient (Wildman–Crippen LogP) is -0.331. The lowest BCUT2D eigenvalue weighted by Crippen LogP contribution is -2.52. The third kappa shape index (κ3) is 2.03. The largest absolute Gasteiger partial charge is 0.396 e. The molecule has 2 rings (SSSR count). The van der Waals surface area contributed by atoms with Crippen molar-refractivity contribution in [2.75, 3.05) is 19.7 Å². The molecular weight excluding hydrogens is 228 g/mol. The molecule has 0 aromatic carbocycles. The van der Waals surface area contributed by atoms with E-state index in [0.29, 0.717) is 13.1 Å². The molecule has 0 bridgehead atoms. The molecule has 0 saturated carbocycles. The Morgan fingerprint density at radius 3 is 2.81 bits per heavy atom. The predicted molar refractivity (Wildman–Crippen MR) is 60.5 cm³/mol. The zero-order valence-corrected chi connectivity index (χ0v) is 9.87. The first-order chi connectivity index (χ1) is 7.61. The van der Waals surface area contributed by atoms with E-state index in [9.17, 15) is 9.59 Å². The maximum Gasteiger partial charge on any atom is 0.307 e. The summed E-state index contributed by atoms with van der Waals surface area (Å²) >= 11 is 1.11. The molecule has 0 unspecified atom stereocenters. The molecule has 1 amide bonds. The number of thiazole rings is 1. The Bertz CT molecular complexity index is 445. The number of hydrogen-bond donors (Lipinski definition) is 1. The van der Waals surface area contributed by atoms with Gasteiger partial charge in [0.05, 0.1) is 0 Å². The minimum absolute atomic E-state index is 0.0479. The minimum atomic E-state index is -0.0925. The van der Waals surface area contributed by atoms with Crippen LogP contribution in [0.3, 0.4) is 0 Å². The Kier molecular flexibility index (Phi) is 3.11. The van der Waals surface area contributed by atoms with E-state index in [1.54, 1.807) is 10.3 Å². The fraction of sp³-hybridized carbons (Fsp3) is 0.600. The van der Waals surface area contributed by atoms with E-state index in [1.165, 1.54) is 4.57 Å². The van der Waals surface area contributed by atoms with Crippen LogP contribution in [0.25, 0.3) is 0 Å². The highest BCUT2D eigenvalue weighted by Crippen LogP contribution is 2.15. The molecule has 1 aromatic rings. The first kappa shape index (κ1) is 11.3. The maximum atomic E-state index is 11.7. The van der Waals surface area contributed by atoms with Crippen LogP contribution < -0.4 is 4.87 Å². The molecule has 1 aromatic heterocycles. The lowest BCUT2D eigenvalue weighted by molar-refractivity contribution is -0.139. The van der Waals surface area contributed by atoms with E-state index < -0.39 is 0 Å². The minimum Gasteiger partial charge on any atom is -0.396 e. The number of rotatable bonds is 3. The van der Waals surface area contributed by atoms with E-state index in [4.69, 9.17) is 5.11 Å². The lowest BCUT2D eigenvalue weighted by Gasteiger charge is -2.38. The first-order valence-electron chi connectivity index (χ1n) is 5.15. The number of aliphatic hydroxyl groups excluding tert-OH is 1. The molecule has 1 N–H and O–H groups in total. The highest BCUT2D eigenvalue weighted by molar-refractivity contribution is 7.07. The van der Waals surface area contributed by atoms with Crippen LogP contribution in [0.4, 0.5) is 0 Å². The van der Waals surface area contributed by atoms with Gasteiger partial charge in [0, 0.05) is 36.7 Å². The molecule has 0 aliphatic carbocycles. The number of amides is 1. The number of hydrogen-bond acceptors (Lipinski definition) is 4. The second-order valence-electron chi connectivity index (χ2n) is 4.08. The SMILES string of the molecule is Cc1csc(=O)n1CC(=O)N1CC(CO)C1. The van der Waals surface area contributed by atoms with Crippen LogP contribution in [0.2, 0.25) is 0 Å². The number of nitrogens with zero attached hydrogens (tertiary/aromatic N) is 2. The average molecular weight is 242 g/mol. The standard InChI is InChI=1S/C10H14N2O3S/c1-7-6-16-10(15)12(7)4-9(14)11-2-8(3-11)5-13/h6,8,13H,2-5H2,1H3. The first-order valence-corrected chi connectivity index (χ1v) is 6.03. The van der Waals surface area contributed by atoms with Gasteiger partial charge >= 0.3 is 4.87 Å². The lowest BCUT2D eigenvalue weighted by atomic mass is 10.0. The van der Waals surface area contributed by atoms with E-state index >= 15 is 0 Å². The zero-order chi connectivity index (χ0) is 11.7. The molecule has 16 heavy (non-hydrogen) atoms. The molecule has 0 radical (unpaired) electrons. The Morgan fingerprint density at radius 2 is 2.31 bits per heavy atom. The van der Waals surface area contributed by atoms with Gasteiger partial charge in [-0.15, -0.1) is 0 Å². The van der Waals surface area contributed by atoms with Gasteiger partial charge in [-0.25, -0.2) is 0 Å². The van der Waals surface area contributed by atoms with Gasteiger partial charge in [0.2, 0.25) is 5.91 Å². The molecule has 1 saturated heterocycles. The zero-order valence-electron chi connectivity index (χ0n) is 9.05. The van der Waals surface area contributed by atoms with Crippen molar-refractivity contribution in [2.45, 2.75) is 13.5 Å². The monoisotopic (exact) mass is 242 g/mol. The van der Waals surface area contributed by atoms with Crippen molar-refractivity contribution in [2.24, 2.45) is 5.92 Å². The van der Waals surface area contributed by atoms with E-state index in [2.05, 4.69) is 0 Å². The second-order valence-corrected chi connectivity index (χ2v) is 4.90. The van der Waals surface area contributed by atoms with Crippen LogP contribution in [-0.4, -0.2) is 40.2 Å². The number of aliphatic hydroxyl groups is 1. The highest BCUT2D eigenvalue weighted by Gasteiger charge is 2.30. The van der Waals surface area contributed by atoms with Crippen molar-refractivity contribution in [1.82, 2.24) is 9.47 Å². The van der Waals surface area contributed by atoms with Crippen molar-refractivity contribution in [3.63, 3.8) is 0 Å². The Morgan fingerprint density at radius 1 is 1.62 bits per heavy atom. The highest BCUT2D eigenvalue weighted by atomic mass is 32.1. The number of carbonyl (C=O) groups is 1. The topological polar surface area (TPSA) is 62.5 Å². The van der Waals surface area contributed by atoms with Gasteiger partial charge in [-0.3, -0.25) is 14.2 Å². The smallest absolute Gasteiger partial charge is 0.307 e. The van der Waals surface area contributed by atoms with Gasteiger partial charge in [0.1, 0.15) is 6.54 Å². The summed E-state index contributed by atoms with van der Waals surface area (Å²) < 4.78 is 1.49. The summed E-state index contributed by atoms with van der Waals surface area (Å²) in [7, 11) is 0. The van der Waals surface area contributed by atoms with Gasteiger partial charge in [-0.1, -0.05) is 11.3 Å². The summed E-state index contributed by atoms with van der Waals surface area (Å²) in [5.41, 5.74) is 0.822. The van der Waals surface area contributed by atoms with Crippen molar-refractivity contribution in [1.29, 1.82) is 0 Å². The van der Waals surface area contributed by atoms with Gasteiger partial charge in [-0.05, 0) is 6.92 Å². The van der Waals surface area contributed by atoms with Crippen LogP contribution in [0.1, 0.15) is 5.69 Å². The molecule has 0 atom stereocenters. The Hall–Kier alpha value is -1.14. The molecule has 0 spiro atoms. The van der Waals surface area contributed by atoms with E-state index in [-0.39, 0.29) is 29.8 Å². The molecule has 6 heteroatoms. The third-order valence-corrected chi connectivity index (χ3v) is 3.72. The molecule has 1 aliphatic heterocycles. The van der Waals surface area contributed by atoms with E-state index in [0.717, 1.165) is 17.0 Å². The molecule has 5 nitrogen and oxygen atoms in total. The van der Waals surface area contributed by atoms with Crippen molar-refractivity contribution in [3.8, 4) is 0 Å². The molecule has 2 heterocycles. The van der Waals surface area contributed by atoms with Crippen molar-refractivity contribution in [3.05, 3.63) is 20.7 Å². The Labute approximate surface area is 96.9 Å². The number of aromatic nitrogens is 1. The molecular formula is C10H14N2O3S. The van der Waals surface area contributed by atoms with Crippen LogP contribution in [0, 0.1) is 12.8 Å². The number of likely N-dealkylation sites (tertiary alicyclic amines) is 1. The summed E-state index contributed by atoms with van der Waals surface area (Å²) in [6.45, 7) is 3.27. The van der Waals surface area contributed by atoms with E-state index in [1.807, 2.05) is 6.92 Å². The van der Waals surface area contributed by atoms with Crippen LogP contribution in [0.5, 0.6) is 0 Å². The quantitative estimate of drug-likeness (QED) is 0.789. The summed E-state index contributed by atoms with van der Waals surface area (Å²) in [6.07, 6.45) is 0. The van der Waals surface area contributed by atoms with Gasteiger partial charge in [-0.2, -0.15) is 0 Å². The third-order valence-electron chi connectivity index (χ3n) is 2.84. The van der Waals surface area contributed by atoms with Crippen molar-refractivity contribution >= 4 is 17.2 Å². The van der Waals surface area contributed by atoms with Crippen molar-refractivity contribution < 1.29 is 9.90 Å². The normalized spacial score (nSPS) is 16.2. The average Bonchev–Trinajstić information content (AvgIpc) is 2.48. The van der Waals surface area contributed by atoms with Gasteiger partial charge in [0.15, 0.2) is 0 Å². The van der Waals surface area contributed by atoms with Crippen LogP contribution >= 0.6 is 11.3 Å². The summed E-state index contributed by atoms with van der Waals surface area (Å²) in [6, 6.07) is 0. The fourth-order valence-electron chi connectivity index (χ4n) is 1.72. The van der Waals surface area contributed by atoms with Gasteiger partial charge < -0.3 is 10.0 Å². The summed E-state index contributed by atoms with van der Waals surface area (Å²) in [5, 5.41) is 10.6. The summed E-state index contributed by atoms with van der Waals surface area (Å²) in [4.78, 5) is 24.7. The molecule has 88 valence electrons. The Balaban J connectivity index is 1.96. The van der Waals surface area contributed by atoms with Crippen LogP contribution in [-0.2, 0) is 11.3 Å². The molecule has 1 fully saturated rings. The number of carbonyl (C=O) groups excluding carboxylic acids is 1. The molecule has 1 aliphatic rings. The van der Waals surface area contributed by atoms with Gasteiger partial charge in [0.25, 0.3) is 0 Å². The van der Waals surface area contributed by atoms with Crippen LogP contribution in [0.15, 0.2) is 10.2 Å². The summed E-state index contributed by atoms with van der Waals surface area (Å²) in [5.74, 6) is 0.164. The fourth-order valence-corrected chi connectivity index (χ4v) is 2.45. The maximum absolute atomic E-state index is 11.7.